The molecule has 0 aromatic heterocycles. The van der Waals surface area contributed by atoms with E-state index >= 15 is 0 Å². The van der Waals surface area contributed by atoms with Crippen molar-refractivity contribution in [3.8, 4) is 5.75 Å². The largest absolute Gasteiger partial charge is 0.489 e. The van der Waals surface area contributed by atoms with E-state index in [1.54, 1.807) is 6.07 Å². The third-order valence-corrected chi connectivity index (χ3v) is 3.95. The van der Waals surface area contributed by atoms with Gasteiger partial charge in [0.1, 0.15) is 24.0 Å². The van der Waals surface area contributed by atoms with E-state index in [0.29, 0.717) is 16.6 Å². The van der Waals surface area contributed by atoms with Gasteiger partial charge in [0.05, 0.1) is 0 Å². The summed E-state index contributed by atoms with van der Waals surface area (Å²) in [6.45, 7) is 0.0650. The molecule has 0 aliphatic heterocycles. The van der Waals surface area contributed by atoms with Gasteiger partial charge < -0.3 is 4.74 Å². The molecule has 0 spiro atoms. The number of ether oxygens (including phenoxy) is 1. The van der Waals surface area contributed by atoms with Crippen LogP contribution in [-0.4, -0.2) is 0 Å². The molecule has 2 aromatic carbocycles. The smallest absolute Gasteiger partial charge is 0.132 e. The molecular formula is C14H10Br2F2O. The van der Waals surface area contributed by atoms with Crippen LogP contribution in [0.15, 0.2) is 40.9 Å². The summed E-state index contributed by atoms with van der Waals surface area (Å²) in [5.74, 6) is -0.550. The Labute approximate surface area is 126 Å². The van der Waals surface area contributed by atoms with Crippen LogP contribution in [0.1, 0.15) is 11.1 Å². The highest BCUT2D eigenvalue weighted by Crippen LogP contribution is 2.25. The minimum Gasteiger partial charge on any atom is -0.489 e. The van der Waals surface area contributed by atoms with Crippen molar-refractivity contribution >= 4 is 31.9 Å². The Hall–Kier alpha value is -0.940. The highest BCUT2D eigenvalue weighted by atomic mass is 79.9. The van der Waals surface area contributed by atoms with Crippen LogP contribution in [0.2, 0.25) is 0 Å². The first kappa shape index (κ1) is 14.5. The number of alkyl halides is 1. The normalized spacial score (nSPS) is 10.5. The lowest BCUT2D eigenvalue weighted by Gasteiger charge is -2.09. The zero-order chi connectivity index (χ0) is 13.8. The topological polar surface area (TPSA) is 9.23 Å². The molecule has 19 heavy (non-hydrogen) atoms. The van der Waals surface area contributed by atoms with Gasteiger partial charge in [0.15, 0.2) is 0 Å². The van der Waals surface area contributed by atoms with E-state index in [1.807, 2.05) is 12.1 Å². The lowest BCUT2D eigenvalue weighted by Crippen LogP contribution is -1.99. The van der Waals surface area contributed by atoms with Gasteiger partial charge in [0.25, 0.3) is 0 Å². The molecule has 0 saturated carbocycles. The zero-order valence-corrected chi connectivity index (χ0v) is 13.0. The monoisotopic (exact) mass is 390 g/mol. The number of hydrogen-bond acceptors (Lipinski definition) is 1. The minimum atomic E-state index is -0.599. The highest BCUT2D eigenvalue weighted by Gasteiger charge is 2.06. The Morgan fingerprint density at radius 2 is 1.79 bits per heavy atom. The molecular weight excluding hydrogens is 382 g/mol. The summed E-state index contributed by atoms with van der Waals surface area (Å²) in [4.78, 5) is 0. The Morgan fingerprint density at radius 3 is 2.47 bits per heavy atom. The Kier molecular flexibility index (Phi) is 4.93. The van der Waals surface area contributed by atoms with Crippen molar-refractivity contribution in [1.29, 1.82) is 0 Å². The first-order valence-corrected chi connectivity index (χ1v) is 7.42. The molecule has 0 unspecified atom stereocenters. The van der Waals surface area contributed by atoms with Crippen molar-refractivity contribution in [1.82, 2.24) is 0 Å². The predicted octanol–water partition coefficient (Wildman–Crippen LogP) is 5.20. The van der Waals surface area contributed by atoms with E-state index in [1.165, 1.54) is 12.1 Å². The van der Waals surface area contributed by atoms with Crippen LogP contribution in [0.5, 0.6) is 5.75 Å². The maximum atomic E-state index is 13.4. The van der Waals surface area contributed by atoms with E-state index in [4.69, 9.17) is 4.74 Å². The molecule has 0 N–H and O–H groups in total. The summed E-state index contributed by atoms with van der Waals surface area (Å²) in [7, 11) is 0. The van der Waals surface area contributed by atoms with Crippen molar-refractivity contribution in [2.75, 3.05) is 0 Å². The molecule has 100 valence electrons. The summed E-state index contributed by atoms with van der Waals surface area (Å²) in [6, 6.07) is 8.97. The zero-order valence-electron chi connectivity index (χ0n) is 9.80. The van der Waals surface area contributed by atoms with Gasteiger partial charge in [0, 0.05) is 21.4 Å². The summed E-state index contributed by atoms with van der Waals surface area (Å²) in [6.07, 6.45) is 0. The summed E-state index contributed by atoms with van der Waals surface area (Å²) >= 11 is 6.79. The summed E-state index contributed by atoms with van der Waals surface area (Å²) in [5, 5.41) is 0.690. The molecule has 0 heterocycles. The van der Waals surface area contributed by atoms with Crippen LogP contribution in [0.4, 0.5) is 8.78 Å². The predicted molar refractivity (Wildman–Crippen MR) is 77.5 cm³/mol. The molecule has 1 nitrogen and oxygen atoms in total. The molecule has 0 fully saturated rings. The van der Waals surface area contributed by atoms with E-state index in [9.17, 15) is 8.78 Å². The van der Waals surface area contributed by atoms with E-state index < -0.39 is 11.6 Å². The third-order valence-electron chi connectivity index (χ3n) is 2.57. The van der Waals surface area contributed by atoms with Crippen LogP contribution < -0.4 is 4.74 Å². The molecule has 0 bridgehead atoms. The molecule has 5 heteroatoms. The van der Waals surface area contributed by atoms with Crippen LogP contribution >= 0.6 is 31.9 Å². The van der Waals surface area contributed by atoms with Crippen LogP contribution in [0, 0.1) is 11.6 Å². The fraction of sp³-hybridized carbons (Fsp3) is 0.143. The van der Waals surface area contributed by atoms with E-state index in [0.717, 1.165) is 16.1 Å². The average Bonchev–Trinajstić information content (AvgIpc) is 2.39. The van der Waals surface area contributed by atoms with Gasteiger partial charge in [-0.1, -0.05) is 31.9 Å². The third kappa shape index (κ3) is 3.76. The molecule has 0 aliphatic carbocycles. The van der Waals surface area contributed by atoms with Crippen LogP contribution in [-0.2, 0) is 11.9 Å². The second kappa shape index (κ2) is 6.48. The van der Waals surface area contributed by atoms with Crippen molar-refractivity contribution in [2.24, 2.45) is 0 Å². The lowest BCUT2D eigenvalue weighted by molar-refractivity contribution is 0.299. The van der Waals surface area contributed by atoms with Gasteiger partial charge in [-0.3, -0.25) is 0 Å². The minimum absolute atomic E-state index is 0.0650. The average molecular weight is 392 g/mol. The number of hydrogen-bond donors (Lipinski definition) is 0. The van der Waals surface area contributed by atoms with Crippen LogP contribution in [0.25, 0.3) is 0 Å². The quantitative estimate of drug-likeness (QED) is 0.650. The molecule has 0 aliphatic rings. The first-order chi connectivity index (χ1) is 9.10. The van der Waals surface area contributed by atoms with Crippen molar-refractivity contribution in [3.05, 3.63) is 63.6 Å². The van der Waals surface area contributed by atoms with Gasteiger partial charge in [-0.25, -0.2) is 8.78 Å². The molecule has 2 aromatic rings. The first-order valence-electron chi connectivity index (χ1n) is 5.51. The number of halogens is 4. The van der Waals surface area contributed by atoms with Gasteiger partial charge >= 0.3 is 0 Å². The SMILES string of the molecule is Fc1ccc(COc2ccc(Br)c(CBr)c2)c(F)c1. The second-order valence-corrected chi connectivity index (χ2v) is 5.33. The Morgan fingerprint density at radius 1 is 1.00 bits per heavy atom. The standard InChI is InChI=1S/C14H10Br2F2O/c15-7-10-5-12(3-4-13(10)16)19-8-9-1-2-11(17)6-14(9)18/h1-6H,7-8H2. The molecule has 0 atom stereocenters. The molecule has 0 amide bonds. The van der Waals surface area contributed by atoms with Gasteiger partial charge in [0.2, 0.25) is 0 Å². The second-order valence-electron chi connectivity index (χ2n) is 3.91. The fourth-order valence-corrected chi connectivity index (χ4v) is 2.77. The highest BCUT2D eigenvalue weighted by molar-refractivity contribution is 9.10. The van der Waals surface area contributed by atoms with Crippen molar-refractivity contribution in [3.63, 3.8) is 0 Å². The van der Waals surface area contributed by atoms with Gasteiger partial charge in [-0.2, -0.15) is 0 Å². The maximum absolute atomic E-state index is 13.4. The van der Waals surface area contributed by atoms with E-state index in [-0.39, 0.29) is 6.61 Å². The van der Waals surface area contributed by atoms with Gasteiger partial charge in [-0.05, 0) is 35.9 Å². The summed E-state index contributed by atoms with van der Waals surface area (Å²) in [5.41, 5.74) is 1.36. The number of benzene rings is 2. The number of rotatable bonds is 4. The molecule has 0 radical (unpaired) electrons. The van der Waals surface area contributed by atoms with Gasteiger partial charge in [-0.15, -0.1) is 0 Å². The Bertz CT molecular complexity index is 588. The summed E-state index contributed by atoms with van der Waals surface area (Å²) < 4.78 is 32.7. The van der Waals surface area contributed by atoms with Crippen LogP contribution in [0.3, 0.4) is 0 Å². The fourth-order valence-electron chi connectivity index (χ4n) is 1.54. The molecule has 0 saturated heterocycles. The Balaban J connectivity index is 2.10. The van der Waals surface area contributed by atoms with Crippen molar-refractivity contribution < 1.29 is 13.5 Å². The molecule has 2 rings (SSSR count). The van der Waals surface area contributed by atoms with Crippen molar-refractivity contribution in [2.45, 2.75) is 11.9 Å². The lowest BCUT2D eigenvalue weighted by atomic mass is 10.2. The van der Waals surface area contributed by atoms with E-state index in [2.05, 4.69) is 31.9 Å². The maximum Gasteiger partial charge on any atom is 0.132 e.